The van der Waals surface area contributed by atoms with Crippen molar-refractivity contribution in [1.29, 1.82) is 0 Å². The van der Waals surface area contributed by atoms with Crippen LogP contribution in [0.2, 0.25) is 0 Å². The third-order valence-electron chi connectivity index (χ3n) is 5.31. The van der Waals surface area contributed by atoms with Crippen LogP contribution in [0.1, 0.15) is 32.3 Å². The molecule has 5 nitrogen and oxygen atoms in total. The van der Waals surface area contributed by atoms with Crippen molar-refractivity contribution in [2.75, 3.05) is 24.5 Å². The van der Waals surface area contributed by atoms with Crippen molar-refractivity contribution in [1.82, 2.24) is 10.6 Å². The molecule has 2 aliphatic rings. The molecule has 0 spiro atoms. The molecule has 0 aliphatic carbocycles. The van der Waals surface area contributed by atoms with E-state index in [9.17, 15) is 9.59 Å². The third-order valence-corrected chi connectivity index (χ3v) is 5.31. The summed E-state index contributed by atoms with van der Waals surface area (Å²) < 4.78 is 0. The van der Waals surface area contributed by atoms with Gasteiger partial charge in [-0.05, 0) is 36.9 Å². The van der Waals surface area contributed by atoms with E-state index in [0.717, 1.165) is 37.2 Å². The number of carbonyl (C=O) groups is 2. The standard InChI is InChI=1S/C19H27N3O2/c1-3-14-6-4-5-7-17(14)22-12-15(10-18(22)23)19(24)21-16-11-20-9-8-13(16)2/h4-7,13,15-16,20H,3,8-12H2,1-2H3,(H,21,24). The third kappa shape index (κ3) is 3.46. The van der Waals surface area contributed by atoms with Crippen molar-refractivity contribution in [3.8, 4) is 0 Å². The Morgan fingerprint density at radius 2 is 2.17 bits per heavy atom. The fourth-order valence-electron chi connectivity index (χ4n) is 3.67. The van der Waals surface area contributed by atoms with E-state index in [1.165, 1.54) is 0 Å². The molecule has 3 atom stereocenters. The maximum absolute atomic E-state index is 12.6. The molecule has 3 rings (SSSR count). The number of aryl methyl sites for hydroxylation is 1. The predicted octanol–water partition coefficient (Wildman–Crippen LogP) is 1.72. The van der Waals surface area contributed by atoms with Crippen LogP contribution in [-0.2, 0) is 16.0 Å². The minimum atomic E-state index is -0.253. The second kappa shape index (κ2) is 7.34. The lowest BCUT2D eigenvalue weighted by Crippen LogP contribution is -2.51. The normalized spacial score (nSPS) is 27.3. The summed E-state index contributed by atoms with van der Waals surface area (Å²) >= 11 is 0. The van der Waals surface area contributed by atoms with Crippen molar-refractivity contribution >= 4 is 17.5 Å². The monoisotopic (exact) mass is 329 g/mol. The molecule has 130 valence electrons. The zero-order valence-corrected chi connectivity index (χ0v) is 14.5. The first-order valence-electron chi connectivity index (χ1n) is 8.99. The number of hydrogen-bond donors (Lipinski definition) is 2. The topological polar surface area (TPSA) is 61.4 Å². The average molecular weight is 329 g/mol. The lowest BCUT2D eigenvalue weighted by Gasteiger charge is -2.31. The van der Waals surface area contributed by atoms with Crippen molar-refractivity contribution < 1.29 is 9.59 Å². The smallest absolute Gasteiger partial charge is 0.227 e. The Labute approximate surface area is 143 Å². The SMILES string of the molecule is CCc1ccccc1N1CC(C(=O)NC2CNCCC2C)CC1=O. The van der Waals surface area contributed by atoms with E-state index in [2.05, 4.69) is 24.5 Å². The first kappa shape index (κ1) is 17.0. The van der Waals surface area contributed by atoms with Gasteiger partial charge in [0.05, 0.1) is 5.92 Å². The molecule has 0 radical (unpaired) electrons. The number of anilines is 1. The Balaban J connectivity index is 1.67. The second-order valence-corrected chi connectivity index (χ2v) is 6.97. The van der Waals surface area contributed by atoms with Gasteiger partial charge in [0.25, 0.3) is 0 Å². The Bertz CT molecular complexity index is 616. The number of nitrogens with zero attached hydrogens (tertiary/aromatic N) is 1. The minimum absolute atomic E-state index is 0.0142. The van der Waals surface area contributed by atoms with Crippen LogP contribution < -0.4 is 15.5 Å². The Kier molecular flexibility index (Phi) is 5.19. The van der Waals surface area contributed by atoms with Crippen molar-refractivity contribution in [3.05, 3.63) is 29.8 Å². The van der Waals surface area contributed by atoms with E-state index in [1.807, 2.05) is 24.3 Å². The molecular formula is C19H27N3O2. The average Bonchev–Trinajstić information content (AvgIpc) is 2.98. The van der Waals surface area contributed by atoms with Crippen LogP contribution in [0.25, 0.3) is 0 Å². The van der Waals surface area contributed by atoms with Gasteiger partial charge in [-0.25, -0.2) is 0 Å². The van der Waals surface area contributed by atoms with Crippen LogP contribution in [-0.4, -0.2) is 37.5 Å². The zero-order chi connectivity index (χ0) is 17.1. The highest BCUT2D eigenvalue weighted by Crippen LogP contribution is 2.28. The number of para-hydroxylation sites is 1. The summed E-state index contributed by atoms with van der Waals surface area (Å²) in [6, 6.07) is 8.13. The Hall–Kier alpha value is -1.88. The van der Waals surface area contributed by atoms with Gasteiger partial charge < -0.3 is 15.5 Å². The number of benzene rings is 1. The van der Waals surface area contributed by atoms with Gasteiger partial charge in [-0.3, -0.25) is 9.59 Å². The summed E-state index contributed by atoms with van der Waals surface area (Å²) in [5, 5.41) is 6.48. The number of piperidine rings is 1. The molecule has 2 amide bonds. The highest BCUT2D eigenvalue weighted by atomic mass is 16.2. The number of rotatable bonds is 4. The van der Waals surface area contributed by atoms with Crippen LogP contribution in [0, 0.1) is 11.8 Å². The second-order valence-electron chi connectivity index (χ2n) is 6.97. The highest BCUT2D eigenvalue weighted by Gasteiger charge is 2.37. The van der Waals surface area contributed by atoms with Crippen LogP contribution in [0.3, 0.4) is 0 Å². The van der Waals surface area contributed by atoms with E-state index in [0.29, 0.717) is 18.9 Å². The molecule has 0 aromatic heterocycles. The Morgan fingerprint density at radius 1 is 1.38 bits per heavy atom. The summed E-state index contributed by atoms with van der Waals surface area (Å²) in [5.41, 5.74) is 2.10. The molecule has 2 N–H and O–H groups in total. The molecule has 2 saturated heterocycles. The molecule has 1 aromatic rings. The largest absolute Gasteiger partial charge is 0.352 e. The summed E-state index contributed by atoms with van der Waals surface area (Å²) in [5.74, 6) is 0.284. The van der Waals surface area contributed by atoms with Gasteiger partial charge in [-0.2, -0.15) is 0 Å². The van der Waals surface area contributed by atoms with Gasteiger partial charge in [-0.1, -0.05) is 32.0 Å². The molecular weight excluding hydrogens is 302 g/mol. The van der Waals surface area contributed by atoms with Gasteiger partial charge in [0, 0.05) is 31.2 Å². The lowest BCUT2D eigenvalue weighted by molar-refractivity contribution is -0.127. The molecule has 5 heteroatoms. The molecule has 24 heavy (non-hydrogen) atoms. The summed E-state index contributed by atoms with van der Waals surface area (Å²) in [6.07, 6.45) is 2.25. The highest BCUT2D eigenvalue weighted by molar-refractivity contribution is 6.00. The molecule has 3 unspecified atom stereocenters. The van der Waals surface area contributed by atoms with Gasteiger partial charge in [-0.15, -0.1) is 0 Å². The number of hydrogen-bond acceptors (Lipinski definition) is 3. The summed E-state index contributed by atoms with van der Waals surface area (Å²) in [4.78, 5) is 26.8. The predicted molar refractivity (Wildman–Crippen MR) is 94.9 cm³/mol. The summed E-state index contributed by atoms with van der Waals surface area (Å²) in [7, 11) is 0. The Morgan fingerprint density at radius 3 is 2.92 bits per heavy atom. The molecule has 0 saturated carbocycles. The maximum atomic E-state index is 12.6. The number of nitrogens with one attached hydrogen (secondary N) is 2. The van der Waals surface area contributed by atoms with Crippen LogP contribution in [0.15, 0.2) is 24.3 Å². The van der Waals surface area contributed by atoms with Crippen molar-refractivity contribution in [2.24, 2.45) is 11.8 Å². The molecule has 1 aromatic carbocycles. The van der Waals surface area contributed by atoms with Gasteiger partial charge in [0.2, 0.25) is 11.8 Å². The van der Waals surface area contributed by atoms with Crippen LogP contribution >= 0.6 is 0 Å². The molecule has 0 bridgehead atoms. The number of amides is 2. The van der Waals surface area contributed by atoms with E-state index in [1.54, 1.807) is 4.90 Å². The minimum Gasteiger partial charge on any atom is -0.352 e. The molecule has 2 fully saturated rings. The van der Waals surface area contributed by atoms with Crippen molar-refractivity contribution in [3.63, 3.8) is 0 Å². The van der Waals surface area contributed by atoms with Gasteiger partial charge in [0.1, 0.15) is 0 Å². The van der Waals surface area contributed by atoms with Gasteiger partial charge >= 0.3 is 0 Å². The lowest BCUT2D eigenvalue weighted by atomic mass is 9.94. The zero-order valence-electron chi connectivity index (χ0n) is 14.5. The van der Waals surface area contributed by atoms with E-state index < -0.39 is 0 Å². The van der Waals surface area contributed by atoms with Crippen LogP contribution in [0.4, 0.5) is 5.69 Å². The van der Waals surface area contributed by atoms with E-state index >= 15 is 0 Å². The fraction of sp³-hybridized carbons (Fsp3) is 0.579. The van der Waals surface area contributed by atoms with Crippen LogP contribution in [0.5, 0.6) is 0 Å². The van der Waals surface area contributed by atoms with E-state index in [4.69, 9.17) is 0 Å². The van der Waals surface area contributed by atoms with Crippen molar-refractivity contribution in [2.45, 2.75) is 39.2 Å². The first-order valence-corrected chi connectivity index (χ1v) is 8.99. The number of carbonyl (C=O) groups excluding carboxylic acids is 2. The first-order chi connectivity index (χ1) is 11.6. The fourth-order valence-corrected chi connectivity index (χ4v) is 3.67. The quantitative estimate of drug-likeness (QED) is 0.884. The summed E-state index contributed by atoms with van der Waals surface area (Å²) in [6.45, 7) is 6.57. The molecule has 2 heterocycles. The maximum Gasteiger partial charge on any atom is 0.227 e. The van der Waals surface area contributed by atoms with Gasteiger partial charge in [0.15, 0.2) is 0 Å². The molecule has 2 aliphatic heterocycles. The van der Waals surface area contributed by atoms with E-state index in [-0.39, 0.29) is 23.8 Å².